The number of alkyl halides is 3. The van der Waals surface area contributed by atoms with Gasteiger partial charge in [0.25, 0.3) is 5.56 Å². The molecular weight excluding hydrogens is 413 g/mol. The van der Waals surface area contributed by atoms with Gasteiger partial charge in [-0.15, -0.1) is 11.3 Å². The van der Waals surface area contributed by atoms with Gasteiger partial charge in [0.2, 0.25) is 0 Å². The number of carbonyl (C=O) groups excluding carboxylic acids is 1. The molecule has 158 valence electrons. The van der Waals surface area contributed by atoms with E-state index in [1.807, 2.05) is 0 Å². The molecule has 2 aromatic heterocycles. The van der Waals surface area contributed by atoms with Gasteiger partial charge < -0.3 is 15.0 Å². The Morgan fingerprint density at radius 3 is 2.52 bits per heavy atom. The lowest BCUT2D eigenvalue weighted by atomic mass is 10.2. The normalized spacial score (nSPS) is 19.7. The molecule has 1 atom stereocenters. The highest BCUT2D eigenvalue weighted by Gasteiger charge is 2.33. The molecule has 2 fully saturated rings. The standard InChI is InChI=1S/C17H19F3N4O4S/c1-9-11(7-22-4-3-21-15(22)26)29-14-12(9)13(25)24(8-17(18,19)20)16(27)23(14)6-10-2-5-28-10/h10H,2-8H2,1H3,(H,21,26). The first-order valence-electron chi connectivity index (χ1n) is 9.12. The maximum atomic E-state index is 13.0. The quantitative estimate of drug-likeness (QED) is 0.774. The summed E-state index contributed by atoms with van der Waals surface area (Å²) in [6, 6.07) is -0.239. The van der Waals surface area contributed by atoms with Crippen molar-refractivity contribution < 1.29 is 22.7 Å². The number of amides is 2. The van der Waals surface area contributed by atoms with Crippen molar-refractivity contribution in [2.24, 2.45) is 0 Å². The molecule has 12 heteroatoms. The minimum absolute atomic E-state index is 0.0804. The predicted molar refractivity (Wildman–Crippen MR) is 99.3 cm³/mol. The van der Waals surface area contributed by atoms with E-state index in [0.29, 0.717) is 41.4 Å². The lowest BCUT2D eigenvalue weighted by Gasteiger charge is -2.27. The van der Waals surface area contributed by atoms with Crippen molar-refractivity contribution in [3.8, 4) is 0 Å². The summed E-state index contributed by atoms with van der Waals surface area (Å²) in [7, 11) is 0. The maximum Gasteiger partial charge on any atom is 0.406 e. The Labute approximate surface area is 166 Å². The summed E-state index contributed by atoms with van der Waals surface area (Å²) in [6.45, 7) is 1.82. The molecule has 0 radical (unpaired) electrons. The van der Waals surface area contributed by atoms with Crippen molar-refractivity contribution in [1.29, 1.82) is 0 Å². The fourth-order valence-electron chi connectivity index (χ4n) is 3.54. The number of rotatable bonds is 5. The van der Waals surface area contributed by atoms with Gasteiger partial charge in [0, 0.05) is 24.6 Å². The molecule has 1 unspecified atom stereocenters. The Bertz CT molecular complexity index is 1080. The zero-order valence-electron chi connectivity index (χ0n) is 15.5. The van der Waals surface area contributed by atoms with Gasteiger partial charge in [-0.05, 0) is 18.9 Å². The van der Waals surface area contributed by atoms with Crippen LogP contribution < -0.4 is 16.6 Å². The molecule has 4 rings (SSSR count). The van der Waals surface area contributed by atoms with Crippen LogP contribution in [-0.4, -0.2) is 52.0 Å². The number of aromatic nitrogens is 2. The lowest BCUT2D eigenvalue weighted by Crippen LogP contribution is -2.45. The van der Waals surface area contributed by atoms with Crippen LogP contribution in [0.4, 0.5) is 18.0 Å². The highest BCUT2D eigenvalue weighted by atomic mass is 32.1. The molecule has 2 aliphatic rings. The number of carbonyl (C=O) groups is 1. The topological polar surface area (TPSA) is 85.6 Å². The average molecular weight is 432 g/mol. The molecule has 2 saturated heterocycles. The highest BCUT2D eigenvalue weighted by Crippen LogP contribution is 2.30. The van der Waals surface area contributed by atoms with E-state index in [0.717, 1.165) is 11.3 Å². The average Bonchev–Trinajstić information content (AvgIpc) is 3.13. The minimum atomic E-state index is -4.71. The van der Waals surface area contributed by atoms with Gasteiger partial charge in [-0.25, -0.2) is 9.59 Å². The number of aryl methyl sites for hydroxylation is 1. The number of nitrogens with zero attached hydrogens (tertiary/aromatic N) is 3. The Kier molecular flexibility index (Phi) is 4.93. The second-order valence-electron chi connectivity index (χ2n) is 7.17. The first-order chi connectivity index (χ1) is 13.7. The van der Waals surface area contributed by atoms with Gasteiger partial charge >= 0.3 is 17.9 Å². The SMILES string of the molecule is Cc1c(CN2CCNC2=O)sc2c1c(=O)n(CC(F)(F)F)c(=O)n2CC1CCO1. The molecule has 0 aromatic carbocycles. The second-order valence-corrected chi connectivity index (χ2v) is 8.25. The van der Waals surface area contributed by atoms with Crippen LogP contribution in [0.2, 0.25) is 0 Å². The summed E-state index contributed by atoms with van der Waals surface area (Å²) in [6.07, 6.45) is -4.29. The van der Waals surface area contributed by atoms with Crippen molar-refractivity contribution in [2.75, 3.05) is 19.7 Å². The third kappa shape index (κ3) is 3.66. The van der Waals surface area contributed by atoms with Crippen LogP contribution in [0.5, 0.6) is 0 Å². The van der Waals surface area contributed by atoms with Crippen molar-refractivity contribution >= 4 is 27.6 Å². The lowest BCUT2D eigenvalue weighted by molar-refractivity contribution is -0.142. The van der Waals surface area contributed by atoms with E-state index in [9.17, 15) is 27.6 Å². The van der Waals surface area contributed by atoms with E-state index < -0.39 is 24.0 Å². The molecule has 29 heavy (non-hydrogen) atoms. The number of fused-ring (bicyclic) bond motifs is 1. The van der Waals surface area contributed by atoms with E-state index >= 15 is 0 Å². The molecule has 0 aliphatic carbocycles. The van der Waals surface area contributed by atoms with E-state index in [-0.39, 0.29) is 35.2 Å². The molecule has 0 saturated carbocycles. The van der Waals surface area contributed by atoms with Crippen molar-refractivity contribution in [1.82, 2.24) is 19.4 Å². The second kappa shape index (κ2) is 7.17. The molecule has 0 spiro atoms. The van der Waals surface area contributed by atoms with Gasteiger partial charge in [-0.1, -0.05) is 0 Å². The molecule has 4 heterocycles. The van der Waals surface area contributed by atoms with Crippen LogP contribution in [0.25, 0.3) is 10.2 Å². The summed E-state index contributed by atoms with van der Waals surface area (Å²) in [4.78, 5) is 40.0. The van der Waals surface area contributed by atoms with Gasteiger partial charge in [0.15, 0.2) is 0 Å². The van der Waals surface area contributed by atoms with E-state index in [2.05, 4.69) is 5.32 Å². The minimum Gasteiger partial charge on any atom is -0.376 e. The van der Waals surface area contributed by atoms with Crippen LogP contribution in [0.1, 0.15) is 16.9 Å². The van der Waals surface area contributed by atoms with Crippen LogP contribution in [0, 0.1) is 6.92 Å². The molecule has 1 N–H and O–H groups in total. The predicted octanol–water partition coefficient (Wildman–Crippen LogP) is 1.41. The first kappa shape index (κ1) is 20.0. The van der Waals surface area contributed by atoms with Gasteiger partial charge in [-0.3, -0.25) is 13.9 Å². The molecule has 2 amide bonds. The van der Waals surface area contributed by atoms with Crippen LogP contribution in [0.3, 0.4) is 0 Å². The molecule has 2 aromatic rings. The zero-order valence-corrected chi connectivity index (χ0v) is 16.4. The van der Waals surface area contributed by atoms with Crippen LogP contribution >= 0.6 is 11.3 Å². The molecule has 0 bridgehead atoms. The third-order valence-corrected chi connectivity index (χ3v) is 6.49. The maximum absolute atomic E-state index is 13.0. The van der Waals surface area contributed by atoms with Gasteiger partial charge in [-0.2, -0.15) is 13.2 Å². The summed E-state index contributed by atoms with van der Waals surface area (Å²) in [5.41, 5.74) is -1.46. The number of ether oxygens (including phenoxy) is 1. The molecule has 2 aliphatic heterocycles. The third-order valence-electron chi connectivity index (χ3n) is 5.19. The van der Waals surface area contributed by atoms with Crippen molar-refractivity contribution in [3.63, 3.8) is 0 Å². The number of thiophene rings is 1. The molecule has 8 nitrogen and oxygen atoms in total. The number of halogens is 3. The largest absolute Gasteiger partial charge is 0.406 e. The summed E-state index contributed by atoms with van der Waals surface area (Å²) < 4.78 is 45.8. The Morgan fingerprint density at radius 1 is 1.24 bits per heavy atom. The Balaban J connectivity index is 1.87. The van der Waals surface area contributed by atoms with E-state index in [4.69, 9.17) is 4.74 Å². The van der Waals surface area contributed by atoms with Gasteiger partial charge in [0.1, 0.15) is 11.4 Å². The summed E-state index contributed by atoms with van der Waals surface area (Å²) in [5, 5.41) is 2.77. The number of urea groups is 1. The zero-order chi connectivity index (χ0) is 20.9. The number of hydrogen-bond donors (Lipinski definition) is 1. The smallest absolute Gasteiger partial charge is 0.376 e. The van der Waals surface area contributed by atoms with Crippen molar-refractivity contribution in [2.45, 2.75) is 45.3 Å². The first-order valence-corrected chi connectivity index (χ1v) is 9.94. The van der Waals surface area contributed by atoms with E-state index in [1.165, 1.54) is 4.57 Å². The summed E-state index contributed by atoms with van der Waals surface area (Å²) in [5.74, 6) is 0. The summed E-state index contributed by atoms with van der Waals surface area (Å²) >= 11 is 1.16. The Morgan fingerprint density at radius 2 is 1.97 bits per heavy atom. The fraction of sp³-hybridized carbons (Fsp3) is 0.588. The Hall–Kier alpha value is -2.34. The van der Waals surface area contributed by atoms with Crippen LogP contribution in [0.15, 0.2) is 9.59 Å². The monoisotopic (exact) mass is 432 g/mol. The number of nitrogens with one attached hydrogen (secondary N) is 1. The highest BCUT2D eigenvalue weighted by molar-refractivity contribution is 7.18. The van der Waals surface area contributed by atoms with Crippen molar-refractivity contribution in [3.05, 3.63) is 31.3 Å². The van der Waals surface area contributed by atoms with E-state index in [1.54, 1.807) is 11.8 Å². The van der Waals surface area contributed by atoms with Gasteiger partial charge in [0.05, 0.1) is 24.6 Å². The number of hydrogen-bond acceptors (Lipinski definition) is 5. The van der Waals surface area contributed by atoms with Crippen LogP contribution in [-0.2, 0) is 24.4 Å². The fourth-order valence-corrected chi connectivity index (χ4v) is 4.85. The molecular formula is C17H19F3N4O4S.